The summed E-state index contributed by atoms with van der Waals surface area (Å²) in [6.07, 6.45) is 2.20. The highest BCUT2D eigenvalue weighted by atomic mass is 19.1. The van der Waals surface area contributed by atoms with E-state index in [1.807, 2.05) is 0 Å². The summed E-state index contributed by atoms with van der Waals surface area (Å²) in [7, 11) is 1.46. The fraction of sp³-hybridized carbons (Fsp3) is 0.467. The molecule has 2 unspecified atom stereocenters. The molecule has 0 saturated heterocycles. The molecular weight excluding hydrogens is 277 g/mol. The van der Waals surface area contributed by atoms with E-state index in [0.29, 0.717) is 31.4 Å². The first kappa shape index (κ1) is 15.3. The minimum Gasteiger partial charge on any atom is -0.497 e. The highest BCUT2D eigenvalue weighted by Crippen LogP contribution is 2.31. The van der Waals surface area contributed by atoms with Crippen molar-refractivity contribution < 1.29 is 23.8 Å². The lowest BCUT2D eigenvalue weighted by Crippen LogP contribution is -2.31. The Bertz CT molecular complexity index is 546. The molecule has 21 heavy (non-hydrogen) atoms. The molecule has 1 saturated carbocycles. The van der Waals surface area contributed by atoms with E-state index in [2.05, 4.69) is 5.32 Å². The monoisotopic (exact) mass is 295 g/mol. The second kappa shape index (κ2) is 6.56. The van der Waals surface area contributed by atoms with Gasteiger partial charge in [0.15, 0.2) is 0 Å². The van der Waals surface area contributed by atoms with Gasteiger partial charge in [-0.3, -0.25) is 9.59 Å². The van der Waals surface area contributed by atoms with Crippen molar-refractivity contribution >= 4 is 17.6 Å². The molecule has 0 aromatic heterocycles. The van der Waals surface area contributed by atoms with Crippen LogP contribution in [0.4, 0.5) is 10.1 Å². The van der Waals surface area contributed by atoms with Crippen LogP contribution in [0.2, 0.25) is 0 Å². The molecule has 2 N–H and O–H groups in total. The normalized spacial score (nSPS) is 21.6. The third-order valence-corrected chi connectivity index (χ3v) is 3.83. The summed E-state index contributed by atoms with van der Waals surface area (Å²) in [5.41, 5.74) is 0.0526. The molecule has 5 nitrogen and oxygen atoms in total. The molecule has 0 aliphatic heterocycles. The number of hydrogen-bond donors (Lipinski definition) is 2. The average Bonchev–Trinajstić information content (AvgIpc) is 2.49. The van der Waals surface area contributed by atoms with E-state index in [1.165, 1.54) is 25.3 Å². The number of carboxylic acids is 1. The van der Waals surface area contributed by atoms with Crippen molar-refractivity contribution in [3.8, 4) is 5.75 Å². The van der Waals surface area contributed by atoms with E-state index >= 15 is 0 Å². The van der Waals surface area contributed by atoms with E-state index in [0.717, 1.165) is 0 Å². The second-order valence-corrected chi connectivity index (χ2v) is 5.23. The molecular formula is C15H18FNO4. The van der Waals surface area contributed by atoms with Crippen LogP contribution in [0.1, 0.15) is 25.7 Å². The summed E-state index contributed by atoms with van der Waals surface area (Å²) in [6, 6.07) is 4.09. The van der Waals surface area contributed by atoms with Gasteiger partial charge < -0.3 is 15.2 Å². The zero-order chi connectivity index (χ0) is 15.4. The Morgan fingerprint density at radius 2 is 2.05 bits per heavy atom. The summed E-state index contributed by atoms with van der Waals surface area (Å²) in [4.78, 5) is 23.2. The first-order valence-corrected chi connectivity index (χ1v) is 6.88. The van der Waals surface area contributed by atoms with E-state index in [1.54, 1.807) is 0 Å². The molecule has 0 heterocycles. The summed E-state index contributed by atoms with van der Waals surface area (Å²) in [5.74, 6) is -2.21. The Morgan fingerprint density at radius 1 is 1.33 bits per heavy atom. The Kier molecular flexibility index (Phi) is 4.77. The Hall–Kier alpha value is -2.11. The molecule has 2 atom stereocenters. The SMILES string of the molecule is COc1ccc(F)c(NC(=O)C2CCCC(C(=O)O)C2)c1. The van der Waals surface area contributed by atoms with Gasteiger partial charge in [0, 0.05) is 12.0 Å². The largest absolute Gasteiger partial charge is 0.497 e. The smallest absolute Gasteiger partial charge is 0.306 e. The number of carbonyl (C=O) groups is 2. The number of nitrogens with one attached hydrogen (secondary N) is 1. The van der Waals surface area contributed by atoms with Crippen LogP contribution in [0.15, 0.2) is 18.2 Å². The van der Waals surface area contributed by atoms with Crippen molar-refractivity contribution in [2.75, 3.05) is 12.4 Å². The van der Waals surface area contributed by atoms with E-state index in [4.69, 9.17) is 9.84 Å². The number of anilines is 1. The van der Waals surface area contributed by atoms with Crippen LogP contribution < -0.4 is 10.1 Å². The number of amides is 1. The predicted molar refractivity (Wildman–Crippen MR) is 74.7 cm³/mol. The molecule has 1 aromatic rings. The van der Waals surface area contributed by atoms with Crippen molar-refractivity contribution in [3.05, 3.63) is 24.0 Å². The molecule has 6 heteroatoms. The number of ether oxygens (including phenoxy) is 1. The highest BCUT2D eigenvalue weighted by Gasteiger charge is 2.31. The van der Waals surface area contributed by atoms with Crippen molar-refractivity contribution in [1.82, 2.24) is 0 Å². The van der Waals surface area contributed by atoms with Crippen LogP contribution in [0.25, 0.3) is 0 Å². The van der Waals surface area contributed by atoms with Gasteiger partial charge in [0.2, 0.25) is 5.91 Å². The summed E-state index contributed by atoms with van der Waals surface area (Å²) >= 11 is 0. The minimum atomic E-state index is -0.875. The third-order valence-electron chi connectivity index (χ3n) is 3.83. The van der Waals surface area contributed by atoms with Gasteiger partial charge in [0.1, 0.15) is 11.6 Å². The van der Waals surface area contributed by atoms with Gasteiger partial charge >= 0.3 is 5.97 Å². The molecule has 1 aromatic carbocycles. The summed E-state index contributed by atoms with van der Waals surface area (Å²) < 4.78 is 18.7. The zero-order valence-electron chi connectivity index (χ0n) is 11.8. The van der Waals surface area contributed by atoms with Crippen molar-refractivity contribution in [2.24, 2.45) is 11.8 Å². The zero-order valence-corrected chi connectivity index (χ0v) is 11.8. The van der Waals surface area contributed by atoms with Crippen molar-refractivity contribution in [2.45, 2.75) is 25.7 Å². The van der Waals surface area contributed by atoms with Gasteiger partial charge in [0.05, 0.1) is 18.7 Å². The fourth-order valence-corrected chi connectivity index (χ4v) is 2.61. The second-order valence-electron chi connectivity index (χ2n) is 5.23. The molecule has 1 fully saturated rings. The van der Waals surface area contributed by atoms with Gasteiger partial charge in [-0.2, -0.15) is 0 Å². The van der Waals surface area contributed by atoms with E-state index in [9.17, 15) is 14.0 Å². The maximum Gasteiger partial charge on any atom is 0.306 e. The molecule has 0 radical (unpaired) electrons. The van der Waals surface area contributed by atoms with Gasteiger partial charge in [-0.25, -0.2) is 4.39 Å². The molecule has 0 spiro atoms. The minimum absolute atomic E-state index is 0.0526. The van der Waals surface area contributed by atoms with Crippen LogP contribution >= 0.6 is 0 Å². The van der Waals surface area contributed by atoms with Gasteiger partial charge in [-0.05, 0) is 31.4 Å². The Labute approximate surface area is 122 Å². The number of carbonyl (C=O) groups excluding carboxylic acids is 1. The van der Waals surface area contributed by atoms with Gasteiger partial charge in [0.25, 0.3) is 0 Å². The quantitative estimate of drug-likeness (QED) is 0.895. The number of carboxylic acid groups (broad SMARTS) is 1. The lowest BCUT2D eigenvalue weighted by molar-refractivity contribution is -0.143. The number of aliphatic carboxylic acids is 1. The topological polar surface area (TPSA) is 75.6 Å². The van der Waals surface area contributed by atoms with Gasteiger partial charge in [-0.1, -0.05) is 6.42 Å². The maximum atomic E-state index is 13.7. The Morgan fingerprint density at radius 3 is 2.71 bits per heavy atom. The van der Waals surface area contributed by atoms with Gasteiger partial charge in [-0.15, -0.1) is 0 Å². The van der Waals surface area contributed by atoms with Crippen molar-refractivity contribution in [1.29, 1.82) is 0 Å². The van der Waals surface area contributed by atoms with Crippen LogP contribution in [-0.2, 0) is 9.59 Å². The first-order chi connectivity index (χ1) is 10.0. The molecule has 114 valence electrons. The summed E-state index contributed by atoms with van der Waals surface area (Å²) in [5, 5.41) is 11.6. The van der Waals surface area contributed by atoms with Crippen LogP contribution in [0.5, 0.6) is 5.75 Å². The molecule has 2 rings (SSSR count). The number of rotatable bonds is 4. The first-order valence-electron chi connectivity index (χ1n) is 6.88. The van der Waals surface area contributed by atoms with Crippen LogP contribution in [-0.4, -0.2) is 24.1 Å². The van der Waals surface area contributed by atoms with E-state index in [-0.39, 0.29) is 11.6 Å². The number of hydrogen-bond acceptors (Lipinski definition) is 3. The number of methoxy groups -OCH3 is 1. The standard InChI is InChI=1S/C15H18FNO4/c1-21-11-5-6-12(16)13(8-11)17-14(18)9-3-2-4-10(7-9)15(19)20/h5-6,8-10H,2-4,7H2,1H3,(H,17,18)(H,19,20). The van der Waals surface area contributed by atoms with Crippen LogP contribution in [0, 0.1) is 17.7 Å². The number of halogens is 1. The predicted octanol–water partition coefficient (Wildman–Crippen LogP) is 2.66. The highest BCUT2D eigenvalue weighted by molar-refractivity contribution is 5.93. The molecule has 1 aliphatic rings. The molecule has 1 aliphatic carbocycles. The molecule has 1 amide bonds. The summed E-state index contributed by atoms with van der Waals surface area (Å²) in [6.45, 7) is 0. The Balaban J connectivity index is 2.05. The average molecular weight is 295 g/mol. The lowest BCUT2D eigenvalue weighted by atomic mass is 9.81. The maximum absolute atomic E-state index is 13.7. The number of benzene rings is 1. The van der Waals surface area contributed by atoms with Crippen molar-refractivity contribution in [3.63, 3.8) is 0 Å². The van der Waals surface area contributed by atoms with E-state index < -0.39 is 23.6 Å². The van der Waals surface area contributed by atoms with Crippen LogP contribution in [0.3, 0.4) is 0 Å². The fourth-order valence-electron chi connectivity index (χ4n) is 2.61. The lowest BCUT2D eigenvalue weighted by Gasteiger charge is -2.25. The molecule has 0 bridgehead atoms. The third kappa shape index (κ3) is 3.71.